The number of rotatable bonds is 3. The summed E-state index contributed by atoms with van der Waals surface area (Å²) < 4.78 is 13.0. The molecule has 1 aliphatic rings. The number of carbonyl (C=O) groups is 1. The molecule has 0 radical (unpaired) electrons. The van der Waals surface area contributed by atoms with Crippen molar-refractivity contribution < 1.29 is 9.18 Å². The van der Waals surface area contributed by atoms with E-state index in [9.17, 15) is 9.18 Å². The molecule has 3 nitrogen and oxygen atoms in total. The number of nitrogens with zero attached hydrogens (tertiary/aromatic N) is 2. The Morgan fingerprint density at radius 2 is 1.58 bits per heavy atom. The zero-order chi connectivity index (χ0) is 16.9. The van der Waals surface area contributed by atoms with Crippen molar-refractivity contribution in [1.29, 1.82) is 0 Å². The van der Waals surface area contributed by atoms with Crippen LogP contribution in [0.3, 0.4) is 0 Å². The van der Waals surface area contributed by atoms with Gasteiger partial charge >= 0.3 is 0 Å². The topological polar surface area (TPSA) is 23.6 Å². The highest BCUT2D eigenvalue weighted by molar-refractivity contribution is 5.92. The van der Waals surface area contributed by atoms with E-state index in [-0.39, 0.29) is 11.7 Å². The third kappa shape index (κ3) is 4.02. The third-order valence-electron chi connectivity index (χ3n) is 4.28. The molecule has 0 unspecified atom stereocenters. The Kier molecular flexibility index (Phi) is 4.94. The van der Waals surface area contributed by atoms with Crippen molar-refractivity contribution in [2.24, 2.45) is 0 Å². The SMILES string of the molecule is Cc1ccc(/C=C/C(=O)N2CCN(c3ccc(F)cc3)CC2)cc1. The highest BCUT2D eigenvalue weighted by atomic mass is 19.1. The van der Waals surface area contributed by atoms with E-state index in [4.69, 9.17) is 0 Å². The Morgan fingerprint density at radius 3 is 2.21 bits per heavy atom. The molecule has 0 bridgehead atoms. The lowest BCUT2D eigenvalue weighted by Crippen LogP contribution is -2.48. The summed E-state index contributed by atoms with van der Waals surface area (Å²) in [5.74, 6) is -0.192. The molecular weight excluding hydrogens is 303 g/mol. The molecule has 0 aliphatic carbocycles. The Balaban J connectivity index is 1.55. The van der Waals surface area contributed by atoms with Crippen molar-refractivity contribution >= 4 is 17.7 Å². The lowest BCUT2D eigenvalue weighted by Gasteiger charge is -2.35. The van der Waals surface area contributed by atoms with Gasteiger partial charge in [-0.15, -0.1) is 0 Å². The smallest absolute Gasteiger partial charge is 0.246 e. The average molecular weight is 324 g/mol. The summed E-state index contributed by atoms with van der Waals surface area (Å²) in [6.07, 6.45) is 3.49. The van der Waals surface area contributed by atoms with Gasteiger partial charge in [0, 0.05) is 37.9 Å². The lowest BCUT2D eigenvalue weighted by molar-refractivity contribution is -0.126. The van der Waals surface area contributed by atoms with E-state index in [1.807, 2.05) is 42.2 Å². The van der Waals surface area contributed by atoms with Gasteiger partial charge in [0.1, 0.15) is 5.82 Å². The Hall–Kier alpha value is -2.62. The van der Waals surface area contributed by atoms with Crippen LogP contribution in [0.5, 0.6) is 0 Å². The maximum atomic E-state index is 13.0. The van der Waals surface area contributed by atoms with Crippen LogP contribution in [0.1, 0.15) is 11.1 Å². The van der Waals surface area contributed by atoms with Crippen LogP contribution in [-0.4, -0.2) is 37.0 Å². The number of halogens is 1. The second-order valence-corrected chi connectivity index (χ2v) is 6.03. The summed E-state index contributed by atoms with van der Waals surface area (Å²) in [5.41, 5.74) is 3.23. The van der Waals surface area contributed by atoms with Crippen molar-refractivity contribution in [2.75, 3.05) is 31.1 Å². The quantitative estimate of drug-likeness (QED) is 0.807. The van der Waals surface area contributed by atoms with Crippen LogP contribution in [0, 0.1) is 12.7 Å². The summed E-state index contributed by atoms with van der Waals surface area (Å²) in [4.78, 5) is 16.3. The van der Waals surface area contributed by atoms with Crippen LogP contribution in [0.4, 0.5) is 10.1 Å². The standard InChI is InChI=1S/C20H21FN2O/c1-16-2-4-17(5-3-16)6-11-20(24)23-14-12-22(13-15-23)19-9-7-18(21)8-10-19/h2-11H,12-15H2,1H3/b11-6+. The summed E-state index contributed by atoms with van der Waals surface area (Å²) in [7, 11) is 0. The number of anilines is 1. The molecule has 1 aliphatic heterocycles. The average Bonchev–Trinajstić information content (AvgIpc) is 2.62. The van der Waals surface area contributed by atoms with Crippen molar-refractivity contribution in [3.8, 4) is 0 Å². The van der Waals surface area contributed by atoms with Gasteiger partial charge in [0.15, 0.2) is 0 Å². The molecule has 3 rings (SSSR count). The number of hydrogen-bond acceptors (Lipinski definition) is 2. The second kappa shape index (κ2) is 7.30. The van der Waals surface area contributed by atoms with Gasteiger partial charge in [-0.05, 0) is 42.8 Å². The molecule has 2 aromatic rings. The molecule has 4 heteroatoms. The van der Waals surface area contributed by atoms with Crippen LogP contribution in [-0.2, 0) is 4.79 Å². The number of aryl methyl sites for hydroxylation is 1. The zero-order valence-corrected chi connectivity index (χ0v) is 13.8. The van der Waals surface area contributed by atoms with Gasteiger partial charge in [0.05, 0.1) is 0 Å². The first-order valence-electron chi connectivity index (χ1n) is 8.16. The van der Waals surface area contributed by atoms with Crippen LogP contribution in [0.25, 0.3) is 6.08 Å². The van der Waals surface area contributed by atoms with E-state index < -0.39 is 0 Å². The molecule has 1 saturated heterocycles. The monoisotopic (exact) mass is 324 g/mol. The maximum absolute atomic E-state index is 13.0. The number of carbonyl (C=O) groups excluding carboxylic acids is 1. The van der Waals surface area contributed by atoms with Crippen LogP contribution < -0.4 is 4.90 Å². The summed E-state index contributed by atoms with van der Waals surface area (Å²) in [6.45, 7) is 4.91. The molecule has 0 atom stereocenters. The fourth-order valence-corrected chi connectivity index (χ4v) is 2.79. The molecule has 24 heavy (non-hydrogen) atoms. The van der Waals surface area contributed by atoms with Gasteiger partial charge in [0.25, 0.3) is 0 Å². The van der Waals surface area contributed by atoms with Crippen molar-refractivity contribution in [3.05, 3.63) is 71.6 Å². The van der Waals surface area contributed by atoms with E-state index >= 15 is 0 Å². The van der Waals surface area contributed by atoms with E-state index in [2.05, 4.69) is 4.90 Å². The van der Waals surface area contributed by atoms with E-state index in [0.29, 0.717) is 13.1 Å². The molecule has 1 heterocycles. The first-order chi connectivity index (χ1) is 11.6. The van der Waals surface area contributed by atoms with E-state index in [1.54, 1.807) is 18.2 Å². The molecule has 1 amide bonds. The minimum absolute atomic E-state index is 0.0364. The normalized spacial score (nSPS) is 15.1. The number of hydrogen-bond donors (Lipinski definition) is 0. The Morgan fingerprint density at radius 1 is 0.958 bits per heavy atom. The molecular formula is C20H21FN2O. The molecule has 1 fully saturated rings. The zero-order valence-electron chi connectivity index (χ0n) is 13.8. The largest absolute Gasteiger partial charge is 0.368 e. The summed E-state index contributed by atoms with van der Waals surface area (Å²) >= 11 is 0. The fourth-order valence-electron chi connectivity index (χ4n) is 2.79. The third-order valence-corrected chi connectivity index (χ3v) is 4.28. The van der Waals surface area contributed by atoms with Crippen LogP contribution >= 0.6 is 0 Å². The molecule has 0 N–H and O–H groups in total. The summed E-state index contributed by atoms with van der Waals surface area (Å²) in [6, 6.07) is 14.6. The first kappa shape index (κ1) is 16.2. The molecule has 0 saturated carbocycles. The van der Waals surface area contributed by atoms with Crippen molar-refractivity contribution in [1.82, 2.24) is 4.90 Å². The van der Waals surface area contributed by atoms with Crippen molar-refractivity contribution in [2.45, 2.75) is 6.92 Å². The maximum Gasteiger partial charge on any atom is 0.246 e. The van der Waals surface area contributed by atoms with Gasteiger partial charge in [-0.1, -0.05) is 29.8 Å². The number of piperazine rings is 1. The van der Waals surface area contributed by atoms with Gasteiger partial charge in [-0.2, -0.15) is 0 Å². The fraction of sp³-hybridized carbons (Fsp3) is 0.250. The Labute approximate surface area is 142 Å². The minimum Gasteiger partial charge on any atom is -0.368 e. The van der Waals surface area contributed by atoms with Gasteiger partial charge in [0.2, 0.25) is 5.91 Å². The summed E-state index contributed by atoms with van der Waals surface area (Å²) in [5, 5.41) is 0. The molecule has 124 valence electrons. The van der Waals surface area contributed by atoms with Crippen LogP contribution in [0.15, 0.2) is 54.6 Å². The van der Waals surface area contributed by atoms with Crippen molar-refractivity contribution in [3.63, 3.8) is 0 Å². The second-order valence-electron chi connectivity index (χ2n) is 6.03. The van der Waals surface area contributed by atoms with Crippen LogP contribution in [0.2, 0.25) is 0 Å². The number of benzene rings is 2. The van der Waals surface area contributed by atoms with Gasteiger partial charge in [-0.25, -0.2) is 4.39 Å². The van der Waals surface area contributed by atoms with E-state index in [0.717, 1.165) is 24.3 Å². The van der Waals surface area contributed by atoms with Gasteiger partial charge < -0.3 is 9.80 Å². The first-order valence-corrected chi connectivity index (χ1v) is 8.16. The predicted molar refractivity (Wildman–Crippen MR) is 95.4 cm³/mol. The molecule has 0 aromatic heterocycles. The lowest BCUT2D eigenvalue weighted by atomic mass is 10.1. The highest BCUT2D eigenvalue weighted by Gasteiger charge is 2.19. The minimum atomic E-state index is -0.228. The Bertz CT molecular complexity index is 714. The van der Waals surface area contributed by atoms with Gasteiger partial charge in [-0.3, -0.25) is 4.79 Å². The number of amides is 1. The highest BCUT2D eigenvalue weighted by Crippen LogP contribution is 2.17. The molecule has 0 spiro atoms. The predicted octanol–water partition coefficient (Wildman–Crippen LogP) is 3.50. The molecule has 2 aromatic carbocycles. The van der Waals surface area contributed by atoms with E-state index in [1.165, 1.54) is 17.7 Å².